The third-order valence-corrected chi connectivity index (χ3v) is 8.02. The number of ether oxygens (including phenoxy) is 2. The fourth-order valence-electron chi connectivity index (χ4n) is 4.94. The lowest BCUT2D eigenvalue weighted by Crippen LogP contribution is -2.14. The monoisotopic (exact) mass is 487 g/mol. The van der Waals surface area contributed by atoms with Gasteiger partial charge in [0.2, 0.25) is 6.79 Å². The lowest BCUT2D eigenvalue weighted by Gasteiger charge is -2.24. The summed E-state index contributed by atoms with van der Waals surface area (Å²) >= 11 is 1.69. The van der Waals surface area contributed by atoms with Gasteiger partial charge in [-0.2, -0.15) is 0 Å². The second-order valence-corrected chi connectivity index (χ2v) is 10.1. The van der Waals surface area contributed by atoms with E-state index in [2.05, 4.69) is 17.4 Å². The predicted octanol–water partition coefficient (Wildman–Crippen LogP) is 6.24. The van der Waals surface area contributed by atoms with Crippen molar-refractivity contribution in [3.63, 3.8) is 0 Å². The first-order valence-electron chi connectivity index (χ1n) is 11.8. The van der Waals surface area contributed by atoms with Crippen molar-refractivity contribution in [3.05, 3.63) is 65.0 Å². The number of aromatic nitrogens is 2. The molecule has 7 nitrogen and oxygen atoms in total. The molecule has 0 atom stereocenters. The van der Waals surface area contributed by atoms with Gasteiger partial charge in [-0.1, -0.05) is 29.8 Å². The number of carbonyl (C=O) groups is 1. The van der Waals surface area contributed by atoms with E-state index in [4.69, 9.17) is 19.4 Å². The van der Waals surface area contributed by atoms with Crippen molar-refractivity contribution < 1.29 is 19.4 Å². The van der Waals surface area contributed by atoms with Crippen LogP contribution in [0.15, 0.2) is 53.6 Å². The maximum atomic E-state index is 11.4. The number of nitrogens with zero attached hydrogens (tertiary/aromatic N) is 2. The smallest absolute Gasteiger partial charge is 0.331 e. The average Bonchev–Trinajstić information content (AvgIpc) is 3.50. The van der Waals surface area contributed by atoms with Crippen molar-refractivity contribution in [3.8, 4) is 11.5 Å². The highest BCUT2D eigenvalue weighted by Crippen LogP contribution is 2.41. The highest BCUT2D eigenvalue weighted by atomic mass is 32.1. The van der Waals surface area contributed by atoms with Crippen molar-refractivity contribution in [1.82, 2.24) is 9.97 Å². The zero-order valence-corrected chi connectivity index (χ0v) is 20.2. The lowest BCUT2D eigenvalue weighted by atomic mass is 9.83. The molecule has 6 rings (SSSR count). The van der Waals surface area contributed by atoms with E-state index >= 15 is 0 Å². The molecule has 0 spiro atoms. The molecule has 178 valence electrons. The number of allylic oxidation sites excluding steroid dienone is 1. The summed E-state index contributed by atoms with van der Waals surface area (Å²) in [4.78, 5) is 22.4. The Hall–Kier alpha value is -3.65. The van der Waals surface area contributed by atoms with Crippen LogP contribution in [0.1, 0.15) is 49.9 Å². The van der Waals surface area contributed by atoms with Crippen LogP contribution in [0, 0.1) is 0 Å². The van der Waals surface area contributed by atoms with E-state index in [0.717, 1.165) is 75.6 Å². The van der Waals surface area contributed by atoms with Crippen LogP contribution in [0.25, 0.3) is 20.3 Å². The van der Waals surface area contributed by atoms with Crippen LogP contribution >= 0.6 is 11.3 Å². The summed E-state index contributed by atoms with van der Waals surface area (Å²) in [5, 5.41) is 15.1. The van der Waals surface area contributed by atoms with Gasteiger partial charge in [-0.3, -0.25) is 0 Å². The van der Waals surface area contributed by atoms with Gasteiger partial charge in [0.1, 0.15) is 16.5 Å². The number of hydrogen-bond acceptors (Lipinski definition) is 7. The molecule has 2 N–H and O–H groups in total. The van der Waals surface area contributed by atoms with Gasteiger partial charge in [0.15, 0.2) is 11.5 Å². The molecule has 2 aromatic carbocycles. The van der Waals surface area contributed by atoms with Crippen molar-refractivity contribution in [2.45, 2.75) is 45.1 Å². The number of hydrogen-bond donors (Lipinski definition) is 2. The summed E-state index contributed by atoms with van der Waals surface area (Å²) in [6, 6.07) is 14.3. The second kappa shape index (κ2) is 8.85. The van der Waals surface area contributed by atoms with Crippen LogP contribution < -0.4 is 14.8 Å². The molecule has 0 saturated heterocycles. The molecule has 1 fully saturated rings. The fourth-order valence-corrected chi connectivity index (χ4v) is 6.02. The summed E-state index contributed by atoms with van der Waals surface area (Å²) < 4.78 is 12.1. The molecule has 35 heavy (non-hydrogen) atoms. The van der Waals surface area contributed by atoms with Crippen molar-refractivity contribution >= 4 is 43.4 Å². The molecule has 2 aromatic heterocycles. The molecule has 1 aliphatic heterocycles. The molecule has 0 amide bonds. The first kappa shape index (κ1) is 21.9. The minimum atomic E-state index is -0.823. The summed E-state index contributed by atoms with van der Waals surface area (Å²) in [6.45, 7) is 2.56. The number of fused-ring (bicyclic) bond motifs is 4. The molecule has 0 bridgehead atoms. The molecule has 0 radical (unpaired) electrons. The number of rotatable bonds is 5. The first-order valence-corrected chi connectivity index (χ1v) is 12.6. The van der Waals surface area contributed by atoms with E-state index in [-0.39, 0.29) is 12.7 Å². The van der Waals surface area contributed by atoms with E-state index in [1.165, 1.54) is 4.70 Å². The van der Waals surface area contributed by atoms with Crippen LogP contribution in [0.4, 0.5) is 5.82 Å². The molecule has 3 heterocycles. The first-order chi connectivity index (χ1) is 17.1. The summed E-state index contributed by atoms with van der Waals surface area (Å²) in [5.41, 5.74) is 2.60. The van der Waals surface area contributed by atoms with Gasteiger partial charge in [0, 0.05) is 28.1 Å². The molecular formula is C27H25N3O4S. The quantitative estimate of drug-likeness (QED) is 0.322. The van der Waals surface area contributed by atoms with Gasteiger partial charge in [0.25, 0.3) is 0 Å². The normalized spacial score (nSPS) is 17.2. The van der Waals surface area contributed by atoms with E-state index in [1.54, 1.807) is 18.3 Å². The Kier molecular flexibility index (Phi) is 5.53. The Morgan fingerprint density at radius 1 is 1.11 bits per heavy atom. The summed E-state index contributed by atoms with van der Waals surface area (Å²) in [7, 11) is 0. The molecule has 0 unspecified atom stereocenters. The van der Waals surface area contributed by atoms with Gasteiger partial charge in [-0.25, -0.2) is 14.8 Å². The van der Waals surface area contributed by atoms with Gasteiger partial charge < -0.3 is 19.9 Å². The highest BCUT2D eigenvalue weighted by Gasteiger charge is 2.25. The SMILES string of the molecule is CC(C(=O)O)=C1CCC(c2nc(NCc3ccc4c(c3)OCO4)c3c(n2)sc2ccccc23)CC1. The number of anilines is 1. The number of aliphatic carboxylic acids is 1. The zero-order chi connectivity index (χ0) is 23.9. The summed E-state index contributed by atoms with van der Waals surface area (Å²) in [5.74, 6) is 2.60. The van der Waals surface area contributed by atoms with E-state index in [0.29, 0.717) is 12.1 Å². The Morgan fingerprint density at radius 2 is 1.91 bits per heavy atom. The number of thiophene rings is 1. The average molecular weight is 488 g/mol. The van der Waals surface area contributed by atoms with Gasteiger partial charge >= 0.3 is 5.97 Å². The Balaban J connectivity index is 1.34. The topological polar surface area (TPSA) is 93.6 Å². The molecule has 4 aromatic rings. The van der Waals surface area contributed by atoms with E-state index in [9.17, 15) is 9.90 Å². The number of nitrogens with one attached hydrogen (secondary N) is 1. The summed E-state index contributed by atoms with van der Waals surface area (Å²) in [6.07, 6.45) is 3.27. The largest absolute Gasteiger partial charge is 0.478 e. The Morgan fingerprint density at radius 3 is 2.74 bits per heavy atom. The number of benzene rings is 2. The van der Waals surface area contributed by atoms with E-state index < -0.39 is 5.97 Å². The molecule has 1 aliphatic carbocycles. The zero-order valence-electron chi connectivity index (χ0n) is 19.3. The number of carboxylic acid groups (broad SMARTS) is 1. The predicted molar refractivity (Wildman–Crippen MR) is 136 cm³/mol. The Labute approximate surface area is 206 Å². The second-order valence-electron chi connectivity index (χ2n) is 9.06. The molecule has 2 aliphatic rings. The standard InChI is InChI=1S/C27H25N3O4S/c1-15(27(31)32)17-7-9-18(10-8-17)24-29-25(23-19-4-2-3-5-22(19)35-26(23)30-24)28-13-16-6-11-20-21(12-16)34-14-33-20/h2-6,11-12,18H,7-10,13-14H2,1H3,(H,31,32)(H,28,29,30). The third kappa shape index (κ3) is 4.08. The van der Waals surface area contributed by atoms with Gasteiger partial charge in [-0.05, 0) is 56.4 Å². The fraction of sp³-hybridized carbons (Fsp3) is 0.296. The van der Waals surface area contributed by atoms with Crippen LogP contribution in [-0.2, 0) is 11.3 Å². The molecule has 8 heteroatoms. The highest BCUT2D eigenvalue weighted by molar-refractivity contribution is 7.25. The van der Waals surface area contributed by atoms with Gasteiger partial charge in [-0.15, -0.1) is 11.3 Å². The lowest BCUT2D eigenvalue weighted by molar-refractivity contribution is -0.132. The maximum absolute atomic E-state index is 11.4. The third-order valence-electron chi connectivity index (χ3n) is 6.96. The van der Waals surface area contributed by atoms with Crippen molar-refractivity contribution in [2.75, 3.05) is 12.1 Å². The van der Waals surface area contributed by atoms with Crippen molar-refractivity contribution in [2.24, 2.45) is 0 Å². The molecular weight excluding hydrogens is 462 g/mol. The van der Waals surface area contributed by atoms with E-state index in [1.807, 2.05) is 30.3 Å². The van der Waals surface area contributed by atoms with Crippen molar-refractivity contribution in [1.29, 1.82) is 0 Å². The van der Waals surface area contributed by atoms with Crippen LogP contribution in [0.5, 0.6) is 11.5 Å². The van der Waals surface area contributed by atoms with Gasteiger partial charge in [0.05, 0.1) is 5.39 Å². The van der Waals surface area contributed by atoms with Crippen LogP contribution in [-0.4, -0.2) is 27.8 Å². The molecule has 1 saturated carbocycles. The van der Waals surface area contributed by atoms with Crippen LogP contribution in [0.3, 0.4) is 0 Å². The maximum Gasteiger partial charge on any atom is 0.331 e. The Bertz CT molecular complexity index is 1480. The minimum absolute atomic E-state index is 0.209. The van der Waals surface area contributed by atoms with Crippen LogP contribution in [0.2, 0.25) is 0 Å². The minimum Gasteiger partial charge on any atom is -0.478 e. The number of carboxylic acids is 1.